The summed E-state index contributed by atoms with van der Waals surface area (Å²) < 4.78 is 0. The Hall–Kier alpha value is -3.21. The van der Waals surface area contributed by atoms with Crippen molar-refractivity contribution in [2.45, 2.75) is 38.7 Å². The van der Waals surface area contributed by atoms with Gasteiger partial charge in [-0.3, -0.25) is 4.98 Å². The molecule has 1 aromatic heterocycles. The number of nitrogens with zero attached hydrogens (tertiary/aromatic N) is 1. The highest BCUT2D eigenvalue weighted by molar-refractivity contribution is 5.98. The molecule has 0 saturated carbocycles. The molecule has 0 aliphatic rings. The fourth-order valence-corrected chi connectivity index (χ4v) is 3.96. The van der Waals surface area contributed by atoms with Crippen molar-refractivity contribution in [2.75, 3.05) is 6.61 Å². The van der Waals surface area contributed by atoms with Crippen LogP contribution in [-0.2, 0) is 0 Å². The van der Waals surface area contributed by atoms with Crippen molar-refractivity contribution in [3.8, 4) is 5.75 Å². The lowest BCUT2D eigenvalue weighted by atomic mass is 9.92. The topological polar surface area (TPSA) is 73.6 Å². The summed E-state index contributed by atoms with van der Waals surface area (Å²) in [6.45, 7) is 6.03. The van der Waals surface area contributed by atoms with E-state index in [0.29, 0.717) is 18.4 Å². The zero-order valence-electron chi connectivity index (χ0n) is 18.5. The van der Waals surface area contributed by atoms with E-state index in [-0.39, 0.29) is 12.4 Å². The van der Waals surface area contributed by atoms with Crippen LogP contribution in [0.15, 0.2) is 84.6 Å². The maximum Gasteiger partial charge on any atom is 0.123 e. The second kappa shape index (κ2) is 11.4. The van der Waals surface area contributed by atoms with Crippen molar-refractivity contribution < 1.29 is 15.3 Å². The van der Waals surface area contributed by atoms with E-state index >= 15 is 0 Å². The number of aromatic nitrogens is 1. The first-order chi connectivity index (χ1) is 15.5. The first-order valence-electron chi connectivity index (χ1n) is 11.0. The molecule has 1 unspecified atom stereocenters. The highest BCUT2D eigenvalue weighted by atomic mass is 16.3. The summed E-state index contributed by atoms with van der Waals surface area (Å²) in [5.41, 5.74) is 4.39. The SMILES string of the molecule is C=C(CCC)/C(=C/CO)C(O)CC/C(=C/c1ccc(O)c2ccccc12)c1ccccn1. The van der Waals surface area contributed by atoms with Crippen LogP contribution >= 0.6 is 0 Å². The number of aliphatic hydroxyl groups is 2. The van der Waals surface area contributed by atoms with Gasteiger partial charge in [0.2, 0.25) is 0 Å². The van der Waals surface area contributed by atoms with E-state index in [2.05, 4.69) is 24.6 Å². The van der Waals surface area contributed by atoms with Crippen molar-refractivity contribution in [1.82, 2.24) is 4.98 Å². The van der Waals surface area contributed by atoms with Crippen LogP contribution in [0.4, 0.5) is 0 Å². The normalized spacial score (nSPS) is 13.3. The van der Waals surface area contributed by atoms with E-state index in [1.165, 1.54) is 0 Å². The number of hydrogen-bond acceptors (Lipinski definition) is 4. The number of aliphatic hydroxyl groups excluding tert-OH is 2. The highest BCUT2D eigenvalue weighted by Gasteiger charge is 2.16. The third-order valence-corrected chi connectivity index (χ3v) is 5.58. The molecule has 0 amide bonds. The third-order valence-electron chi connectivity index (χ3n) is 5.58. The largest absolute Gasteiger partial charge is 0.507 e. The predicted molar refractivity (Wildman–Crippen MR) is 132 cm³/mol. The molecule has 1 heterocycles. The fourth-order valence-electron chi connectivity index (χ4n) is 3.96. The van der Waals surface area contributed by atoms with Gasteiger partial charge in [0.25, 0.3) is 0 Å². The van der Waals surface area contributed by atoms with Gasteiger partial charge in [-0.15, -0.1) is 0 Å². The van der Waals surface area contributed by atoms with Crippen molar-refractivity contribution in [3.63, 3.8) is 0 Å². The van der Waals surface area contributed by atoms with E-state index < -0.39 is 6.10 Å². The van der Waals surface area contributed by atoms with Gasteiger partial charge in [-0.25, -0.2) is 0 Å². The van der Waals surface area contributed by atoms with Crippen molar-refractivity contribution >= 4 is 22.4 Å². The molecule has 1 atom stereocenters. The fraction of sp³-hybridized carbons (Fsp3) is 0.250. The molecule has 3 rings (SSSR count). The van der Waals surface area contributed by atoms with Crippen LogP contribution in [0.25, 0.3) is 22.4 Å². The quantitative estimate of drug-likeness (QED) is 0.351. The zero-order valence-corrected chi connectivity index (χ0v) is 18.5. The zero-order chi connectivity index (χ0) is 22.9. The second-order valence-electron chi connectivity index (χ2n) is 7.85. The molecule has 32 heavy (non-hydrogen) atoms. The number of pyridine rings is 1. The Balaban J connectivity index is 1.94. The Labute approximate surface area is 189 Å². The minimum atomic E-state index is -0.718. The van der Waals surface area contributed by atoms with Crippen molar-refractivity contribution in [1.29, 1.82) is 0 Å². The number of fused-ring (bicyclic) bond motifs is 1. The van der Waals surface area contributed by atoms with Crippen LogP contribution in [0, 0.1) is 0 Å². The molecule has 0 fully saturated rings. The Morgan fingerprint density at radius 3 is 2.47 bits per heavy atom. The average Bonchev–Trinajstić information content (AvgIpc) is 2.82. The summed E-state index contributed by atoms with van der Waals surface area (Å²) in [5, 5.41) is 32.3. The van der Waals surface area contributed by atoms with Gasteiger partial charge in [0.05, 0.1) is 18.4 Å². The van der Waals surface area contributed by atoms with Gasteiger partial charge in [-0.05, 0) is 71.2 Å². The lowest BCUT2D eigenvalue weighted by Gasteiger charge is -2.18. The molecule has 3 aromatic rings. The minimum absolute atomic E-state index is 0.127. The molecule has 4 nitrogen and oxygen atoms in total. The molecular formula is C28H31NO3. The second-order valence-corrected chi connectivity index (χ2v) is 7.85. The standard InChI is InChI=1S/C28H31NO3/c1-3-8-20(2)23(16-18-30)27(31)15-13-22(26-11-6-7-17-29-26)19-21-12-14-28(32)25-10-5-4-9-24(21)25/h4-7,9-12,14,16-17,19,27,30-32H,2-3,8,13,15,18H2,1H3/b22-19-,23-16-. The van der Waals surface area contributed by atoms with E-state index in [4.69, 9.17) is 0 Å². The third kappa shape index (κ3) is 5.72. The molecule has 166 valence electrons. The monoisotopic (exact) mass is 429 g/mol. The van der Waals surface area contributed by atoms with Crippen LogP contribution in [-0.4, -0.2) is 33.0 Å². The molecule has 4 heteroatoms. The molecule has 0 saturated heterocycles. The van der Waals surface area contributed by atoms with Crippen LogP contribution in [0.1, 0.15) is 43.9 Å². The van der Waals surface area contributed by atoms with Crippen molar-refractivity contribution in [2.24, 2.45) is 0 Å². The summed E-state index contributed by atoms with van der Waals surface area (Å²) in [4.78, 5) is 4.53. The van der Waals surface area contributed by atoms with E-state index in [0.717, 1.165) is 46.0 Å². The Kier molecular flexibility index (Phi) is 8.37. The first kappa shape index (κ1) is 23.5. The number of phenols is 1. The first-order valence-corrected chi connectivity index (χ1v) is 11.0. The van der Waals surface area contributed by atoms with Gasteiger partial charge in [0.1, 0.15) is 5.75 Å². The molecule has 0 aliphatic carbocycles. The minimum Gasteiger partial charge on any atom is -0.507 e. The highest BCUT2D eigenvalue weighted by Crippen LogP contribution is 2.32. The van der Waals surface area contributed by atoms with Gasteiger partial charge in [-0.2, -0.15) is 0 Å². The van der Waals surface area contributed by atoms with Crippen LogP contribution in [0.5, 0.6) is 5.75 Å². The van der Waals surface area contributed by atoms with Gasteiger partial charge in [0.15, 0.2) is 0 Å². The number of hydrogen-bond donors (Lipinski definition) is 3. The summed E-state index contributed by atoms with van der Waals surface area (Å²) in [7, 11) is 0. The molecular weight excluding hydrogens is 398 g/mol. The number of allylic oxidation sites excluding steroid dienone is 1. The summed E-state index contributed by atoms with van der Waals surface area (Å²) in [6.07, 6.45) is 7.56. The van der Waals surface area contributed by atoms with Gasteiger partial charge in [-0.1, -0.05) is 62.4 Å². The molecule has 0 spiro atoms. The molecule has 2 aromatic carbocycles. The molecule has 0 bridgehead atoms. The van der Waals surface area contributed by atoms with E-state index in [9.17, 15) is 15.3 Å². The van der Waals surface area contributed by atoms with Crippen molar-refractivity contribution in [3.05, 3.63) is 95.9 Å². The Bertz CT molecular complexity index is 1120. The number of phenolic OH excluding ortho intramolecular Hbond substituents is 1. The molecule has 0 radical (unpaired) electrons. The number of benzene rings is 2. The summed E-state index contributed by atoms with van der Waals surface area (Å²) >= 11 is 0. The molecule has 3 N–H and O–H groups in total. The lowest BCUT2D eigenvalue weighted by molar-refractivity contribution is 0.202. The van der Waals surface area contributed by atoms with E-state index in [1.54, 1.807) is 18.3 Å². The maximum atomic E-state index is 10.9. The van der Waals surface area contributed by atoms with Gasteiger partial charge < -0.3 is 15.3 Å². The lowest BCUT2D eigenvalue weighted by Crippen LogP contribution is -2.13. The maximum absolute atomic E-state index is 10.9. The average molecular weight is 430 g/mol. The Morgan fingerprint density at radius 1 is 1.03 bits per heavy atom. The van der Waals surface area contributed by atoms with Crippen LogP contribution in [0.3, 0.4) is 0 Å². The van der Waals surface area contributed by atoms with Gasteiger partial charge in [0, 0.05) is 11.6 Å². The van der Waals surface area contributed by atoms with Gasteiger partial charge >= 0.3 is 0 Å². The number of rotatable bonds is 10. The van der Waals surface area contributed by atoms with E-state index in [1.807, 2.05) is 48.5 Å². The summed E-state index contributed by atoms with van der Waals surface area (Å²) in [5.74, 6) is 0.251. The molecule has 0 aliphatic heterocycles. The number of aromatic hydroxyl groups is 1. The Morgan fingerprint density at radius 2 is 1.78 bits per heavy atom. The smallest absolute Gasteiger partial charge is 0.123 e. The summed E-state index contributed by atoms with van der Waals surface area (Å²) in [6, 6.07) is 17.1. The van der Waals surface area contributed by atoms with Crippen LogP contribution < -0.4 is 0 Å². The van der Waals surface area contributed by atoms with Crippen LogP contribution in [0.2, 0.25) is 0 Å². The predicted octanol–water partition coefficient (Wildman–Crippen LogP) is 5.90.